The zero-order chi connectivity index (χ0) is 39.1. The van der Waals surface area contributed by atoms with E-state index < -0.39 is 0 Å². The second-order valence-electron chi connectivity index (χ2n) is 16.4. The van der Waals surface area contributed by atoms with Crippen LogP contribution in [0.5, 0.6) is 0 Å². The number of hydrogen-bond acceptors (Lipinski definition) is 7. The van der Waals surface area contributed by atoms with Crippen LogP contribution in [-0.4, -0.2) is 108 Å². The molecule has 0 saturated carbocycles. The van der Waals surface area contributed by atoms with Gasteiger partial charge in [0.25, 0.3) is 0 Å². The Morgan fingerprint density at radius 3 is 1.40 bits per heavy atom. The Kier molecular flexibility index (Phi) is 16.8. The normalized spacial score (nSPS) is 26.6. The maximum Gasteiger partial charge on any atom is 0.410 e. The molecule has 6 fully saturated rings. The van der Waals surface area contributed by atoms with Crippen LogP contribution in [0.3, 0.4) is 0 Å². The molecule has 2 amide bonds. The lowest BCUT2D eigenvalue weighted by Crippen LogP contribution is -2.53. The van der Waals surface area contributed by atoms with Crippen molar-refractivity contribution < 1.29 is 24.2 Å². The molecule has 0 aliphatic carbocycles. The first-order chi connectivity index (χ1) is 28.0. The largest absolute Gasteiger partial charge is 0.450 e. The van der Waals surface area contributed by atoms with E-state index in [2.05, 4.69) is 76.5 Å². The van der Waals surface area contributed by atoms with Crippen molar-refractivity contribution in [1.82, 2.24) is 19.6 Å². The fraction of sp³-hybridized carbons (Fsp3) is 0.490. The van der Waals surface area contributed by atoms with Gasteiger partial charge in [0, 0.05) is 26.2 Å². The molecule has 4 atom stereocenters. The summed E-state index contributed by atoms with van der Waals surface area (Å²) in [6, 6.07) is 37.2. The number of ether oxygens (including phenoxy) is 2. The molecule has 12 rings (SSSR count). The molecule has 0 unspecified atom stereocenters. The number of hydrogen-bond donors (Lipinski definition) is 1. The maximum atomic E-state index is 13.2. The van der Waals surface area contributed by atoms with Crippen LogP contribution >= 0.6 is 0 Å². The van der Waals surface area contributed by atoms with E-state index in [0.717, 1.165) is 63.0 Å². The van der Waals surface area contributed by atoms with Crippen LogP contribution in [0.1, 0.15) is 100 Å². The van der Waals surface area contributed by atoms with E-state index in [1.54, 1.807) is 0 Å². The van der Waals surface area contributed by atoms with Crippen LogP contribution in [0.4, 0.5) is 9.59 Å². The van der Waals surface area contributed by atoms with Gasteiger partial charge in [0.05, 0.1) is 24.8 Å². The second-order valence-corrected chi connectivity index (χ2v) is 16.4. The van der Waals surface area contributed by atoms with E-state index in [0.29, 0.717) is 31.5 Å². The molecule has 9 heteroatoms. The lowest BCUT2D eigenvalue weighted by molar-refractivity contribution is -0.0462. The molecule has 8 aliphatic heterocycles. The molecule has 4 bridgehead atoms. The monoisotopic (exact) mass is 819 g/mol. The summed E-state index contributed by atoms with van der Waals surface area (Å²) >= 11 is 0. The highest BCUT2D eigenvalue weighted by Crippen LogP contribution is 2.38. The molecule has 0 radical (unpaired) electrons. The fourth-order valence-corrected chi connectivity index (χ4v) is 9.90. The minimum atomic E-state index is -0.235. The molecule has 6 saturated heterocycles. The lowest BCUT2D eigenvalue weighted by atomic mass is 9.86. The number of benzene rings is 4. The quantitative estimate of drug-likeness (QED) is 0.220. The van der Waals surface area contributed by atoms with E-state index in [1.807, 2.05) is 59.2 Å². The van der Waals surface area contributed by atoms with E-state index in [4.69, 9.17) is 9.47 Å². The van der Waals surface area contributed by atoms with Crippen LogP contribution in [0, 0.1) is 11.8 Å². The molecule has 1 N–H and O–H groups in total. The third-order valence-electron chi connectivity index (χ3n) is 13.0. The highest BCUT2D eigenvalue weighted by atomic mass is 16.6. The van der Waals surface area contributed by atoms with Gasteiger partial charge < -0.3 is 19.5 Å². The number of nitrogens with zero attached hydrogens (tertiary/aromatic N) is 4. The summed E-state index contributed by atoms with van der Waals surface area (Å²) in [6.07, 6.45) is 6.17. The summed E-state index contributed by atoms with van der Waals surface area (Å²) in [4.78, 5) is 34.1. The molecule has 9 nitrogen and oxygen atoms in total. The average molecular weight is 819 g/mol. The Labute approximate surface area is 360 Å². The highest BCUT2D eigenvalue weighted by molar-refractivity contribution is 5.71. The number of aliphatic hydroxyl groups is 1. The van der Waals surface area contributed by atoms with Crippen molar-refractivity contribution in [3.63, 3.8) is 0 Å². The first-order valence-corrected chi connectivity index (χ1v) is 21.3. The summed E-state index contributed by atoms with van der Waals surface area (Å²) in [5.74, 6) is 1.17. The predicted octanol–water partition coefficient (Wildman–Crippen LogP) is 9.64. The predicted molar refractivity (Wildman–Crippen MR) is 242 cm³/mol. The molecule has 8 heterocycles. The summed E-state index contributed by atoms with van der Waals surface area (Å²) in [5, 5.41) is 9.36. The zero-order valence-corrected chi connectivity index (χ0v) is 33.3. The van der Waals surface area contributed by atoms with E-state index in [1.165, 1.54) is 48.2 Å². The van der Waals surface area contributed by atoms with Gasteiger partial charge in [-0.15, -0.1) is 0 Å². The van der Waals surface area contributed by atoms with Crippen LogP contribution in [0.2, 0.25) is 0 Å². The molecule has 60 heavy (non-hydrogen) atoms. The molecule has 8 aliphatic rings. The number of rotatable bonds is 4. The molecule has 0 aromatic heterocycles. The van der Waals surface area contributed by atoms with Crippen LogP contribution in [-0.2, 0) is 22.3 Å². The van der Waals surface area contributed by atoms with Crippen molar-refractivity contribution in [2.75, 3.05) is 59.0 Å². The van der Waals surface area contributed by atoms with Gasteiger partial charge >= 0.3 is 12.2 Å². The molecule has 4 aromatic rings. The number of fused-ring (bicyclic) bond motifs is 8. The molecular weight excluding hydrogens is 749 g/mol. The van der Waals surface area contributed by atoms with Crippen molar-refractivity contribution in [2.45, 2.75) is 92.0 Å². The Morgan fingerprint density at radius 2 is 1.00 bits per heavy atom. The standard InChI is InChI=1S/C23H26N2O2.C18H19NO2.C7H13NO.3CH4/c26-23(27-21-16-24-13-10-18(21)11-14-24)25-15-12-17-6-4-5-9-20(17)22(25)19-7-2-1-3-8-19;1-2-21-18(20)19-13-12-14-8-6-7-11-16(14)17(19)15-9-4-3-5-10-15;9-7-5-8-3-1-6(7)2-4-8;;;/h1-9,18,21-22H,10-16H2;3-11,17H,2,12-13H2,1H3;6-7,9H,1-5H2;3*1H4/t21-,22-;17-;7-;;;/m000.../s1. The van der Waals surface area contributed by atoms with Gasteiger partial charge in [-0.05, 0) is 117 Å². The average Bonchev–Trinajstić information content (AvgIpc) is 3.27. The minimum Gasteiger partial charge on any atom is -0.450 e. The fourth-order valence-electron chi connectivity index (χ4n) is 9.90. The number of amides is 2. The molecule has 4 aromatic carbocycles. The number of carbonyl (C=O) groups excluding carboxylic acids is 2. The van der Waals surface area contributed by atoms with Crippen molar-refractivity contribution in [3.05, 3.63) is 143 Å². The summed E-state index contributed by atoms with van der Waals surface area (Å²) in [5.41, 5.74) is 7.34. The van der Waals surface area contributed by atoms with Gasteiger partial charge in [0.1, 0.15) is 6.10 Å². The molecule has 324 valence electrons. The SMILES string of the molecule is C.C.C.CCOC(=O)N1CCc2ccccc2[C@@H]1c1ccccc1.O=C(O[C@H]1CN2CCC1CC2)N1CCc2ccccc2[C@@H]1c1ccccc1.O[C@H]1CN2CCC1CC2. The van der Waals surface area contributed by atoms with E-state index in [-0.39, 0.29) is 58.8 Å². The van der Waals surface area contributed by atoms with Gasteiger partial charge in [0.2, 0.25) is 0 Å². The van der Waals surface area contributed by atoms with Crippen molar-refractivity contribution in [2.24, 2.45) is 11.8 Å². The van der Waals surface area contributed by atoms with E-state index >= 15 is 0 Å². The van der Waals surface area contributed by atoms with Crippen LogP contribution in [0.25, 0.3) is 0 Å². The summed E-state index contributed by atoms with van der Waals surface area (Å²) < 4.78 is 11.3. The summed E-state index contributed by atoms with van der Waals surface area (Å²) in [7, 11) is 0. The number of aliphatic hydroxyl groups excluding tert-OH is 1. The first-order valence-electron chi connectivity index (χ1n) is 21.3. The number of piperidine rings is 6. The highest BCUT2D eigenvalue weighted by Gasteiger charge is 2.40. The number of carbonyl (C=O) groups is 2. The summed E-state index contributed by atoms with van der Waals surface area (Å²) in [6.45, 7) is 10.2. The van der Waals surface area contributed by atoms with Gasteiger partial charge in [-0.25, -0.2) is 9.59 Å². The lowest BCUT2D eigenvalue weighted by Gasteiger charge is -2.45. The van der Waals surface area contributed by atoms with Crippen molar-refractivity contribution >= 4 is 12.2 Å². The third kappa shape index (κ3) is 10.4. The molecular formula is C51H70N4O5. The first kappa shape index (κ1) is 46.4. The maximum absolute atomic E-state index is 13.2. The Bertz CT molecular complexity index is 1930. The van der Waals surface area contributed by atoms with Crippen molar-refractivity contribution in [1.29, 1.82) is 0 Å². The van der Waals surface area contributed by atoms with Gasteiger partial charge in [-0.2, -0.15) is 0 Å². The van der Waals surface area contributed by atoms with Gasteiger partial charge in [-0.1, -0.05) is 131 Å². The van der Waals surface area contributed by atoms with Crippen molar-refractivity contribution in [3.8, 4) is 0 Å². The van der Waals surface area contributed by atoms with Crippen LogP contribution in [0.15, 0.2) is 109 Å². The van der Waals surface area contributed by atoms with Crippen LogP contribution < -0.4 is 0 Å². The minimum absolute atomic E-state index is 0. The van der Waals surface area contributed by atoms with E-state index in [9.17, 15) is 14.7 Å². The Hall–Kier alpha value is -4.70. The Morgan fingerprint density at radius 1 is 0.567 bits per heavy atom. The smallest absolute Gasteiger partial charge is 0.410 e. The molecule has 0 spiro atoms. The topological polar surface area (TPSA) is 85.8 Å². The zero-order valence-electron chi connectivity index (χ0n) is 33.3. The van der Waals surface area contributed by atoms with Gasteiger partial charge in [0.15, 0.2) is 0 Å². The third-order valence-corrected chi connectivity index (χ3v) is 13.0. The second kappa shape index (κ2) is 21.7. The Balaban J connectivity index is 0.000000184. The van der Waals surface area contributed by atoms with Gasteiger partial charge in [-0.3, -0.25) is 14.7 Å².